The minimum Gasteiger partial charge on any atom is -0.454 e. The maximum absolute atomic E-state index is 13.7. The summed E-state index contributed by atoms with van der Waals surface area (Å²) in [7, 11) is 0. The van der Waals surface area contributed by atoms with Crippen LogP contribution in [0.4, 0.5) is 13.2 Å². The molecule has 0 aliphatic carbocycles. The summed E-state index contributed by atoms with van der Waals surface area (Å²) in [4.78, 5) is 31.2. The summed E-state index contributed by atoms with van der Waals surface area (Å²) in [5, 5.41) is 1.93. The van der Waals surface area contributed by atoms with Crippen molar-refractivity contribution in [2.24, 2.45) is 0 Å². The quantitative estimate of drug-likeness (QED) is 0.353. The lowest BCUT2D eigenvalue weighted by atomic mass is 10.1. The van der Waals surface area contributed by atoms with Crippen molar-refractivity contribution in [1.82, 2.24) is 9.80 Å². The highest BCUT2D eigenvalue weighted by molar-refractivity contribution is 7.09. The average Bonchev–Trinajstić information content (AvgIpc) is 3.70. The van der Waals surface area contributed by atoms with Crippen molar-refractivity contribution in [3.63, 3.8) is 0 Å². The summed E-state index contributed by atoms with van der Waals surface area (Å²) in [5.74, 6) is 0.430. The number of amides is 2. The van der Waals surface area contributed by atoms with Gasteiger partial charge in [-0.1, -0.05) is 12.1 Å². The fourth-order valence-corrected chi connectivity index (χ4v) is 5.30. The number of alkyl halides is 3. The average molecular weight is 561 g/mol. The Morgan fingerprint density at radius 2 is 1.77 bits per heavy atom. The lowest BCUT2D eigenvalue weighted by Crippen LogP contribution is -2.45. The molecule has 1 fully saturated rings. The zero-order valence-electron chi connectivity index (χ0n) is 21.0. The number of hydrogen-bond donors (Lipinski definition) is 0. The van der Waals surface area contributed by atoms with Crippen LogP contribution in [0, 0.1) is 0 Å². The fourth-order valence-electron chi connectivity index (χ4n) is 4.58. The highest BCUT2D eigenvalue weighted by Gasteiger charge is 2.31. The maximum atomic E-state index is 13.7. The van der Waals surface area contributed by atoms with Gasteiger partial charge in [-0.25, -0.2) is 0 Å². The van der Waals surface area contributed by atoms with Gasteiger partial charge in [0.1, 0.15) is 6.54 Å². The molecule has 1 unspecified atom stereocenters. The van der Waals surface area contributed by atoms with Gasteiger partial charge in [-0.2, -0.15) is 13.2 Å². The van der Waals surface area contributed by atoms with Crippen molar-refractivity contribution in [3.05, 3.63) is 81.5 Å². The van der Waals surface area contributed by atoms with Gasteiger partial charge in [0.15, 0.2) is 11.5 Å². The largest absolute Gasteiger partial charge is 0.454 e. The molecule has 0 spiro atoms. The molecule has 0 N–H and O–H groups in total. The van der Waals surface area contributed by atoms with Crippen molar-refractivity contribution in [2.45, 2.75) is 38.2 Å². The minimum absolute atomic E-state index is 0.0781. The van der Waals surface area contributed by atoms with Gasteiger partial charge in [0.05, 0.1) is 18.2 Å². The highest BCUT2D eigenvalue weighted by Crippen LogP contribution is 2.33. The smallest absolute Gasteiger partial charge is 0.416 e. The molecule has 1 atom stereocenters. The number of carbonyl (C=O) groups is 2. The summed E-state index contributed by atoms with van der Waals surface area (Å²) < 4.78 is 55.7. The number of nitrogens with zero attached hydrogens (tertiary/aromatic N) is 2. The fraction of sp³-hybridized carbons (Fsp3) is 0.357. The Kier molecular flexibility index (Phi) is 8.08. The third-order valence-electron chi connectivity index (χ3n) is 6.61. The van der Waals surface area contributed by atoms with E-state index in [0.29, 0.717) is 24.7 Å². The van der Waals surface area contributed by atoms with Crippen molar-refractivity contribution in [1.29, 1.82) is 0 Å². The van der Waals surface area contributed by atoms with E-state index in [1.54, 1.807) is 11.0 Å². The number of thiophene rings is 1. The van der Waals surface area contributed by atoms with Crippen LogP contribution in [0.25, 0.3) is 0 Å². The van der Waals surface area contributed by atoms with Crippen molar-refractivity contribution in [3.8, 4) is 11.5 Å². The van der Waals surface area contributed by atoms with Gasteiger partial charge < -0.3 is 24.0 Å². The van der Waals surface area contributed by atoms with Crippen LogP contribution >= 0.6 is 11.3 Å². The molecular formula is C28H27F3N2O5S. The van der Waals surface area contributed by atoms with Gasteiger partial charge in [-0.05, 0) is 66.2 Å². The Balaban J connectivity index is 1.36. The maximum Gasteiger partial charge on any atom is 0.416 e. The first-order valence-electron chi connectivity index (χ1n) is 12.5. The zero-order chi connectivity index (χ0) is 27.4. The van der Waals surface area contributed by atoms with Crippen LogP contribution in [-0.2, 0) is 28.8 Å². The van der Waals surface area contributed by atoms with Gasteiger partial charge in [-0.15, -0.1) is 11.3 Å². The molecule has 0 saturated carbocycles. The molecule has 5 rings (SSSR count). The van der Waals surface area contributed by atoms with Crippen LogP contribution in [0.2, 0.25) is 0 Å². The standard InChI is InChI=1S/C28H27F3N2O5S/c29-28(30,31)21-8-6-20(7-9-21)27(35)33(15-22-3-1-11-36-22)17-26(34)32(16-23-4-2-12-39-23)14-19-5-10-24-25(13-19)38-18-37-24/h2,4-10,12-13,22H,1,3,11,14-18H2. The molecule has 2 aliphatic rings. The van der Waals surface area contributed by atoms with E-state index in [4.69, 9.17) is 14.2 Å². The van der Waals surface area contributed by atoms with Crippen LogP contribution in [0.3, 0.4) is 0 Å². The molecular weight excluding hydrogens is 533 g/mol. The van der Waals surface area contributed by atoms with Crippen molar-refractivity contribution >= 4 is 23.2 Å². The number of ether oxygens (including phenoxy) is 3. The Bertz CT molecular complexity index is 1290. The Hall–Kier alpha value is -3.57. The molecule has 2 aliphatic heterocycles. The molecule has 2 amide bonds. The second-order valence-electron chi connectivity index (χ2n) is 9.41. The van der Waals surface area contributed by atoms with Crippen molar-refractivity contribution < 1.29 is 37.0 Å². The Morgan fingerprint density at radius 3 is 2.46 bits per heavy atom. The van der Waals surface area contributed by atoms with Crippen LogP contribution < -0.4 is 9.47 Å². The normalized spacial score (nSPS) is 16.3. The molecule has 2 aromatic carbocycles. The molecule has 0 bridgehead atoms. The van der Waals surface area contributed by atoms with Gasteiger partial charge >= 0.3 is 6.18 Å². The van der Waals surface area contributed by atoms with Crippen molar-refractivity contribution in [2.75, 3.05) is 26.5 Å². The Labute approximate surface area is 227 Å². The van der Waals surface area contributed by atoms with Gasteiger partial charge in [0, 0.05) is 30.1 Å². The molecule has 0 radical (unpaired) electrons. The Morgan fingerprint density at radius 1 is 0.974 bits per heavy atom. The molecule has 1 saturated heterocycles. The molecule has 39 heavy (non-hydrogen) atoms. The number of fused-ring (bicyclic) bond motifs is 1. The minimum atomic E-state index is -4.51. The zero-order valence-corrected chi connectivity index (χ0v) is 21.8. The first-order chi connectivity index (χ1) is 18.8. The molecule has 1 aromatic heterocycles. The second-order valence-corrected chi connectivity index (χ2v) is 10.4. The van der Waals surface area contributed by atoms with E-state index in [2.05, 4.69) is 0 Å². The van der Waals surface area contributed by atoms with Gasteiger partial charge in [0.25, 0.3) is 5.91 Å². The van der Waals surface area contributed by atoms with E-state index in [0.717, 1.165) is 47.5 Å². The summed E-state index contributed by atoms with van der Waals surface area (Å²) in [6, 6.07) is 13.4. The number of benzene rings is 2. The predicted octanol–water partition coefficient (Wildman–Crippen LogP) is 5.35. The molecule has 206 valence electrons. The lowest BCUT2D eigenvalue weighted by Gasteiger charge is -2.29. The van der Waals surface area contributed by atoms with Gasteiger partial charge in [-0.3, -0.25) is 9.59 Å². The van der Waals surface area contributed by atoms with Gasteiger partial charge in [0.2, 0.25) is 12.7 Å². The van der Waals surface area contributed by atoms with Crippen LogP contribution in [-0.4, -0.2) is 54.2 Å². The van der Waals surface area contributed by atoms with E-state index >= 15 is 0 Å². The van der Waals surface area contributed by atoms with E-state index in [1.807, 2.05) is 29.6 Å². The molecule has 3 heterocycles. The summed E-state index contributed by atoms with van der Waals surface area (Å²) in [6.45, 7) is 1.25. The lowest BCUT2D eigenvalue weighted by molar-refractivity contribution is -0.137. The van der Waals surface area contributed by atoms with E-state index < -0.39 is 17.6 Å². The van der Waals surface area contributed by atoms with E-state index in [9.17, 15) is 22.8 Å². The van der Waals surface area contributed by atoms with E-state index in [1.165, 1.54) is 16.2 Å². The first kappa shape index (κ1) is 27.0. The monoisotopic (exact) mass is 560 g/mol. The third-order valence-corrected chi connectivity index (χ3v) is 7.47. The van der Waals surface area contributed by atoms with Crippen LogP contribution in [0.15, 0.2) is 60.0 Å². The molecule has 3 aromatic rings. The number of rotatable bonds is 9. The summed E-state index contributed by atoms with van der Waals surface area (Å²) >= 11 is 1.52. The van der Waals surface area contributed by atoms with E-state index in [-0.39, 0.29) is 44.0 Å². The summed E-state index contributed by atoms with van der Waals surface area (Å²) in [6.07, 6.45) is -3.17. The van der Waals surface area contributed by atoms with Crippen LogP contribution in [0.5, 0.6) is 11.5 Å². The van der Waals surface area contributed by atoms with Crippen LogP contribution in [0.1, 0.15) is 39.2 Å². The molecule has 11 heteroatoms. The number of hydrogen-bond acceptors (Lipinski definition) is 6. The first-order valence-corrected chi connectivity index (χ1v) is 13.4. The molecule has 7 nitrogen and oxygen atoms in total. The second kappa shape index (κ2) is 11.7. The third kappa shape index (κ3) is 6.72. The summed E-state index contributed by atoms with van der Waals surface area (Å²) in [5.41, 5.74) is 0.0740. The predicted molar refractivity (Wildman–Crippen MR) is 137 cm³/mol. The topological polar surface area (TPSA) is 68.3 Å². The number of halogens is 3. The SMILES string of the molecule is O=C(CN(CC1CCCO1)C(=O)c1ccc(C(F)(F)F)cc1)N(Cc1ccc2c(c1)OCO2)Cc1cccs1. The number of carbonyl (C=O) groups excluding carboxylic acids is 2. The highest BCUT2D eigenvalue weighted by atomic mass is 32.1.